The van der Waals surface area contributed by atoms with Crippen LogP contribution >= 0.6 is 0 Å². The van der Waals surface area contributed by atoms with Crippen molar-refractivity contribution >= 4 is 0 Å². The van der Waals surface area contributed by atoms with E-state index < -0.39 is 0 Å². The van der Waals surface area contributed by atoms with Crippen LogP contribution in [-0.2, 0) is 0 Å². The highest BCUT2D eigenvalue weighted by Crippen LogP contribution is 2.26. The molecule has 0 aliphatic heterocycles. The summed E-state index contributed by atoms with van der Waals surface area (Å²) in [6, 6.07) is 0. The van der Waals surface area contributed by atoms with Gasteiger partial charge in [-0.2, -0.15) is 0 Å². The van der Waals surface area contributed by atoms with Crippen molar-refractivity contribution in [3.63, 3.8) is 0 Å². The zero-order chi connectivity index (χ0) is 17.2. The first kappa shape index (κ1) is 22.7. The lowest BCUT2D eigenvalue weighted by atomic mass is 9.86. The fraction of sp³-hybridized carbons (Fsp3) is 0.913. The van der Waals surface area contributed by atoms with E-state index in [0.717, 1.165) is 0 Å². The smallest absolute Gasteiger partial charge is 0.0175 e. The first-order valence-electron chi connectivity index (χ1n) is 10.8. The van der Waals surface area contributed by atoms with Crippen LogP contribution < -0.4 is 0 Å². The summed E-state index contributed by atoms with van der Waals surface area (Å²) in [5.74, 6) is 0. The van der Waals surface area contributed by atoms with Crippen LogP contribution in [0.4, 0.5) is 0 Å². The molecule has 0 heterocycles. The maximum atomic E-state index is 2.48. The molecule has 0 nitrogen and oxygen atoms in total. The van der Waals surface area contributed by atoms with Crippen molar-refractivity contribution in [2.24, 2.45) is 5.41 Å². The van der Waals surface area contributed by atoms with Crippen LogP contribution in [0.3, 0.4) is 0 Å². The van der Waals surface area contributed by atoms with E-state index in [4.69, 9.17) is 0 Å². The summed E-state index contributed by atoms with van der Waals surface area (Å²) < 4.78 is 0. The largest absolute Gasteiger partial charge is 0.0880 e. The Kier molecular flexibility index (Phi) is 16.4. The summed E-state index contributed by atoms with van der Waals surface area (Å²) in [4.78, 5) is 0. The SMILES string of the molecule is CCCCCCCC=CC(C)(C)CCCCCCCCCCC. The fourth-order valence-corrected chi connectivity index (χ4v) is 3.24. The average Bonchev–Trinajstić information content (AvgIpc) is 2.52. The number of allylic oxidation sites excluding steroid dienone is 2. The van der Waals surface area contributed by atoms with Gasteiger partial charge in [0.15, 0.2) is 0 Å². The van der Waals surface area contributed by atoms with Crippen molar-refractivity contribution in [1.29, 1.82) is 0 Å². The van der Waals surface area contributed by atoms with Crippen molar-refractivity contribution in [3.05, 3.63) is 12.2 Å². The van der Waals surface area contributed by atoms with Gasteiger partial charge in [0, 0.05) is 0 Å². The van der Waals surface area contributed by atoms with Crippen LogP contribution in [0.2, 0.25) is 0 Å². The van der Waals surface area contributed by atoms with Gasteiger partial charge in [0.2, 0.25) is 0 Å². The number of unbranched alkanes of at least 4 members (excludes halogenated alkanes) is 13. The van der Waals surface area contributed by atoms with Crippen LogP contribution in [-0.4, -0.2) is 0 Å². The van der Waals surface area contributed by atoms with E-state index in [1.165, 1.54) is 103 Å². The topological polar surface area (TPSA) is 0 Å². The number of hydrogen-bond acceptors (Lipinski definition) is 0. The minimum absolute atomic E-state index is 0.407. The molecule has 0 N–H and O–H groups in total. The average molecular weight is 323 g/mol. The van der Waals surface area contributed by atoms with Gasteiger partial charge in [-0.25, -0.2) is 0 Å². The van der Waals surface area contributed by atoms with E-state index in [-0.39, 0.29) is 0 Å². The van der Waals surface area contributed by atoms with Crippen LogP contribution in [0.5, 0.6) is 0 Å². The van der Waals surface area contributed by atoms with Gasteiger partial charge in [0.25, 0.3) is 0 Å². The minimum atomic E-state index is 0.407. The highest BCUT2D eigenvalue weighted by atomic mass is 14.2. The molecule has 0 bridgehead atoms. The molecule has 0 spiro atoms. The molecule has 0 aromatic carbocycles. The van der Waals surface area contributed by atoms with Gasteiger partial charge >= 0.3 is 0 Å². The molecule has 138 valence electrons. The predicted molar refractivity (Wildman–Crippen MR) is 108 cm³/mol. The molecule has 0 fully saturated rings. The minimum Gasteiger partial charge on any atom is -0.0880 e. The van der Waals surface area contributed by atoms with Gasteiger partial charge < -0.3 is 0 Å². The maximum Gasteiger partial charge on any atom is -0.0175 e. The molecule has 0 unspecified atom stereocenters. The second kappa shape index (κ2) is 16.6. The third kappa shape index (κ3) is 17.9. The summed E-state index contributed by atoms with van der Waals surface area (Å²) >= 11 is 0. The Balaban J connectivity index is 3.45. The molecule has 0 rings (SSSR count). The Bertz CT molecular complexity index is 249. The second-order valence-corrected chi connectivity index (χ2v) is 8.17. The van der Waals surface area contributed by atoms with E-state index in [9.17, 15) is 0 Å². The molecule has 0 heteroatoms. The normalized spacial score (nSPS) is 12.3. The van der Waals surface area contributed by atoms with Gasteiger partial charge in [-0.15, -0.1) is 0 Å². The molecule has 0 aliphatic rings. The summed E-state index contributed by atoms with van der Waals surface area (Å²) in [7, 11) is 0. The summed E-state index contributed by atoms with van der Waals surface area (Å²) in [6.07, 6.45) is 27.4. The van der Waals surface area contributed by atoms with Crippen molar-refractivity contribution in [1.82, 2.24) is 0 Å². The Morgan fingerprint density at radius 1 is 0.565 bits per heavy atom. The van der Waals surface area contributed by atoms with Crippen molar-refractivity contribution in [3.8, 4) is 0 Å². The standard InChI is InChI=1S/C23H46/c1-5-7-9-11-13-14-16-18-20-22-23(3,4)21-19-17-15-12-10-8-6-2/h19,21H,5-18,20,22H2,1-4H3. The lowest BCUT2D eigenvalue weighted by molar-refractivity contribution is 0.406. The zero-order valence-electron chi connectivity index (χ0n) is 17.0. The predicted octanol–water partition coefficient (Wildman–Crippen LogP) is 8.85. The monoisotopic (exact) mass is 322 g/mol. The first-order chi connectivity index (χ1) is 11.1. The lowest BCUT2D eigenvalue weighted by Crippen LogP contribution is -2.06. The maximum absolute atomic E-state index is 2.48. The quantitative estimate of drug-likeness (QED) is 0.185. The Morgan fingerprint density at radius 2 is 1.00 bits per heavy atom. The highest BCUT2D eigenvalue weighted by Gasteiger charge is 2.12. The third-order valence-electron chi connectivity index (χ3n) is 4.97. The fourth-order valence-electron chi connectivity index (χ4n) is 3.24. The molecule has 0 radical (unpaired) electrons. The van der Waals surface area contributed by atoms with Crippen molar-refractivity contribution < 1.29 is 0 Å². The molecule has 0 saturated heterocycles. The molecule has 23 heavy (non-hydrogen) atoms. The molecule has 0 amide bonds. The van der Waals surface area contributed by atoms with Gasteiger partial charge in [-0.1, -0.05) is 123 Å². The Labute approximate surface area is 148 Å². The van der Waals surface area contributed by atoms with E-state index in [2.05, 4.69) is 39.8 Å². The van der Waals surface area contributed by atoms with E-state index in [1.54, 1.807) is 0 Å². The van der Waals surface area contributed by atoms with E-state index in [1.807, 2.05) is 0 Å². The number of hydrogen-bond donors (Lipinski definition) is 0. The second-order valence-electron chi connectivity index (χ2n) is 8.17. The molecule has 0 atom stereocenters. The Hall–Kier alpha value is -0.260. The van der Waals surface area contributed by atoms with Crippen LogP contribution in [0.15, 0.2) is 12.2 Å². The molecule has 0 aromatic heterocycles. The van der Waals surface area contributed by atoms with Crippen LogP contribution in [0.25, 0.3) is 0 Å². The van der Waals surface area contributed by atoms with Gasteiger partial charge in [0.05, 0.1) is 0 Å². The summed E-state index contributed by atoms with van der Waals surface area (Å²) in [5.41, 5.74) is 0.407. The van der Waals surface area contributed by atoms with E-state index >= 15 is 0 Å². The van der Waals surface area contributed by atoms with Gasteiger partial charge in [-0.05, 0) is 24.7 Å². The molecule has 0 aromatic rings. The lowest BCUT2D eigenvalue weighted by Gasteiger charge is -2.20. The third-order valence-corrected chi connectivity index (χ3v) is 4.97. The summed E-state index contributed by atoms with van der Waals surface area (Å²) in [6.45, 7) is 9.40. The molecular formula is C23H46. The number of rotatable bonds is 17. The Morgan fingerprint density at radius 3 is 1.52 bits per heavy atom. The van der Waals surface area contributed by atoms with E-state index in [0.29, 0.717) is 5.41 Å². The van der Waals surface area contributed by atoms with Crippen LogP contribution in [0.1, 0.15) is 130 Å². The van der Waals surface area contributed by atoms with Crippen molar-refractivity contribution in [2.75, 3.05) is 0 Å². The van der Waals surface area contributed by atoms with Crippen LogP contribution in [0, 0.1) is 5.41 Å². The zero-order valence-corrected chi connectivity index (χ0v) is 17.0. The molecule has 0 saturated carbocycles. The van der Waals surface area contributed by atoms with Crippen molar-refractivity contribution in [2.45, 2.75) is 130 Å². The van der Waals surface area contributed by atoms with Gasteiger partial charge in [0.1, 0.15) is 0 Å². The first-order valence-corrected chi connectivity index (χ1v) is 10.8. The summed E-state index contributed by atoms with van der Waals surface area (Å²) in [5, 5.41) is 0. The molecular weight excluding hydrogens is 276 g/mol. The molecule has 0 aliphatic carbocycles. The highest BCUT2D eigenvalue weighted by molar-refractivity contribution is 4.94. The van der Waals surface area contributed by atoms with Gasteiger partial charge in [-0.3, -0.25) is 0 Å².